The molecule has 0 unspecified atom stereocenters. The Hall–Kier alpha value is -7.46. The lowest BCUT2D eigenvalue weighted by Crippen LogP contribution is -2.26. The van der Waals surface area contributed by atoms with Gasteiger partial charge in [0, 0.05) is 59.4 Å². The molecule has 8 heteroatoms. The highest BCUT2D eigenvalue weighted by Gasteiger charge is 2.20. The Kier molecular flexibility index (Phi) is 10.5. The fourth-order valence-corrected chi connectivity index (χ4v) is 10.6. The minimum atomic E-state index is -1.48. The third kappa shape index (κ3) is 7.48. The molecule has 0 fully saturated rings. The maximum Gasteiger partial charge on any atom is 0.499 e. The first-order valence-corrected chi connectivity index (χ1v) is 22.8. The average Bonchev–Trinajstić information content (AvgIpc) is 4.12. The Balaban J connectivity index is 1.01. The summed E-state index contributed by atoms with van der Waals surface area (Å²) >= 11 is 3.11. The van der Waals surface area contributed by atoms with E-state index in [0.717, 1.165) is 82.2 Å². The molecule has 3 heterocycles. The van der Waals surface area contributed by atoms with Gasteiger partial charge in [0.05, 0.1) is 11.0 Å². The van der Waals surface area contributed by atoms with Crippen molar-refractivity contribution >= 4 is 90.5 Å². The summed E-state index contributed by atoms with van der Waals surface area (Å²) in [5, 5.41) is 23.0. The number of benzene rings is 8. The van der Waals surface area contributed by atoms with Gasteiger partial charge in [-0.15, -0.1) is 22.7 Å². The van der Waals surface area contributed by atoms with E-state index >= 15 is 0 Å². The van der Waals surface area contributed by atoms with Crippen molar-refractivity contribution in [2.75, 3.05) is 9.80 Å². The van der Waals surface area contributed by atoms with Gasteiger partial charge in [-0.3, -0.25) is 0 Å². The monoisotopic (exact) mass is 861 g/mol. The molecule has 0 bridgehead atoms. The number of fused-ring (bicyclic) bond motifs is 3. The summed E-state index contributed by atoms with van der Waals surface area (Å²) in [7, 11) is -1.48. The van der Waals surface area contributed by atoms with E-state index in [1.165, 1.54) is 22.1 Å². The second kappa shape index (κ2) is 17.0. The molecule has 0 aliphatic rings. The van der Waals surface area contributed by atoms with Crippen molar-refractivity contribution in [2.45, 2.75) is 0 Å². The predicted octanol–water partition coefficient (Wildman–Crippen LogP) is 14.5. The van der Waals surface area contributed by atoms with Crippen molar-refractivity contribution < 1.29 is 10.0 Å². The molecule has 11 aromatic rings. The number of rotatable bonds is 11. The summed E-state index contributed by atoms with van der Waals surface area (Å²) < 4.78 is 2.90. The van der Waals surface area contributed by atoms with Gasteiger partial charge in [-0.05, 0) is 138 Å². The quantitative estimate of drug-likeness (QED) is 0.127. The van der Waals surface area contributed by atoms with E-state index in [1.54, 1.807) is 17.4 Å². The number of anilines is 6. The second-order valence-corrected chi connectivity index (χ2v) is 17.8. The van der Waals surface area contributed by atoms with Crippen LogP contribution in [0.2, 0.25) is 0 Å². The molecule has 0 amide bonds. The van der Waals surface area contributed by atoms with Crippen molar-refractivity contribution in [3.8, 4) is 37.0 Å². The first kappa shape index (κ1) is 39.4. The number of hydrogen-bond donors (Lipinski definition) is 2. The number of nitrogens with zero attached hydrogens (tertiary/aromatic N) is 3. The highest BCUT2D eigenvalue weighted by molar-refractivity contribution is 7.28. The van der Waals surface area contributed by atoms with Crippen LogP contribution in [0, 0.1) is 0 Å². The summed E-state index contributed by atoms with van der Waals surface area (Å²) in [4.78, 5) is 6.66. The standard InChI is InChI=1S/C56H40BN3O2S2/c61-57(62)55-35-33-53(63-55)54-34-36-56(64-54)60-51-31-25-41(39-21-27-47(28-22-39)58(43-13-5-1-6-14-43)44-15-7-2-8-16-44)37-49(51)50-38-42(26-32-52(50)60)40-23-29-48(30-24-40)59(45-17-9-3-10-18-45)46-19-11-4-12-20-46/h1-38,61-62H. The largest absolute Gasteiger partial charge is 0.499 e. The average molecular weight is 862 g/mol. The molecule has 0 spiro atoms. The van der Waals surface area contributed by atoms with Crippen LogP contribution >= 0.6 is 22.7 Å². The molecule has 3 aromatic heterocycles. The van der Waals surface area contributed by atoms with Crippen molar-refractivity contribution in [1.82, 2.24) is 4.57 Å². The minimum Gasteiger partial charge on any atom is -0.423 e. The van der Waals surface area contributed by atoms with E-state index < -0.39 is 7.12 Å². The molecule has 64 heavy (non-hydrogen) atoms. The van der Waals surface area contributed by atoms with Crippen molar-refractivity contribution in [3.63, 3.8) is 0 Å². The molecule has 2 N–H and O–H groups in total. The lowest BCUT2D eigenvalue weighted by molar-refractivity contribution is 0.427. The zero-order valence-electron chi connectivity index (χ0n) is 34.6. The first-order valence-electron chi connectivity index (χ1n) is 21.2. The molecule has 5 nitrogen and oxygen atoms in total. The highest BCUT2D eigenvalue weighted by Crippen LogP contribution is 2.42. The van der Waals surface area contributed by atoms with E-state index in [9.17, 15) is 10.0 Å². The van der Waals surface area contributed by atoms with Crippen LogP contribution in [0.25, 0.3) is 58.8 Å². The lowest BCUT2D eigenvalue weighted by atomic mass is 9.90. The number of para-hydroxylation sites is 4. The maximum absolute atomic E-state index is 9.81. The fraction of sp³-hybridized carbons (Fsp3) is 0. The van der Waals surface area contributed by atoms with Crippen LogP contribution in [0.1, 0.15) is 0 Å². The van der Waals surface area contributed by atoms with Crippen LogP contribution in [0.4, 0.5) is 34.1 Å². The summed E-state index contributed by atoms with van der Waals surface area (Å²) in [6, 6.07) is 81.4. The first-order chi connectivity index (χ1) is 31.6. The van der Waals surface area contributed by atoms with Gasteiger partial charge in [0.15, 0.2) is 0 Å². The molecule has 0 radical (unpaired) electrons. The van der Waals surface area contributed by atoms with Crippen molar-refractivity contribution in [2.24, 2.45) is 0 Å². The fourth-order valence-electron chi connectivity index (χ4n) is 8.63. The van der Waals surface area contributed by atoms with Gasteiger partial charge in [0.25, 0.3) is 0 Å². The molecule has 0 aliphatic carbocycles. The molecular weight excluding hydrogens is 822 g/mol. The molecule has 11 rings (SSSR count). The molecule has 0 saturated heterocycles. The van der Waals surface area contributed by atoms with Gasteiger partial charge in [0.1, 0.15) is 5.00 Å². The zero-order valence-corrected chi connectivity index (χ0v) is 36.2. The summed E-state index contributed by atoms with van der Waals surface area (Å²) in [6.07, 6.45) is 0. The topological polar surface area (TPSA) is 51.9 Å². The Morgan fingerprint density at radius 3 is 1.09 bits per heavy atom. The van der Waals surface area contributed by atoms with Crippen LogP contribution in [0.5, 0.6) is 0 Å². The van der Waals surface area contributed by atoms with Gasteiger partial charge in [-0.2, -0.15) is 0 Å². The summed E-state index contributed by atoms with van der Waals surface area (Å²) in [5.41, 5.74) is 13.4. The van der Waals surface area contributed by atoms with E-state index in [4.69, 9.17) is 0 Å². The molecular formula is C56H40BN3O2S2. The van der Waals surface area contributed by atoms with Gasteiger partial charge in [-0.25, -0.2) is 0 Å². The highest BCUT2D eigenvalue weighted by atomic mass is 32.1. The number of aromatic nitrogens is 1. The maximum atomic E-state index is 9.81. The van der Waals surface area contributed by atoms with Crippen LogP contribution < -0.4 is 14.6 Å². The summed E-state index contributed by atoms with van der Waals surface area (Å²) in [5.74, 6) is 0. The summed E-state index contributed by atoms with van der Waals surface area (Å²) in [6.45, 7) is 0. The van der Waals surface area contributed by atoms with Crippen LogP contribution in [-0.4, -0.2) is 21.7 Å². The van der Waals surface area contributed by atoms with Gasteiger partial charge in [-0.1, -0.05) is 115 Å². The molecule has 0 aliphatic heterocycles. The molecule has 8 aromatic carbocycles. The van der Waals surface area contributed by atoms with Crippen molar-refractivity contribution in [3.05, 3.63) is 231 Å². The third-order valence-corrected chi connectivity index (χ3v) is 14.1. The van der Waals surface area contributed by atoms with Crippen molar-refractivity contribution in [1.29, 1.82) is 0 Å². The normalized spacial score (nSPS) is 11.3. The molecule has 0 atom stereocenters. The smallest absolute Gasteiger partial charge is 0.423 e. The van der Waals surface area contributed by atoms with Crippen LogP contribution in [0.3, 0.4) is 0 Å². The van der Waals surface area contributed by atoms with E-state index in [2.05, 4.69) is 233 Å². The Labute approximate surface area is 380 Å². The molecule has 306 valence electrons. The minimum absolute atomic E-state index is 0.531. The van der Waals surface area contributed by atoms with Crippen LogP contribution in [-0.2, 0) is 0 Å². The Morgan fingerprint density at radius 1 is 0.344 bits per heavy atom. The predicted molar refractivity (Wildman–Crippen MR) is 272 cm³/mol. The lowest BCUT2D eigenvalue weighted by Gasteiger charge is -2.25. The van der Waals surface area contributed by atoms with E-state index in [-0.39, 0.29) is 0 Å². The van der Waals surface area contributed by atoms with Gasteiger partial charge >= 0.3 is 7.12 Å². The Bertz CT molecular complexity index is 3090. The van der Waals surface area contributed by atoms with Crippen LogP contribution in [0.15, 0.2) is 231 Å². The van der Waals surface area contributed by atoms with E-state index in [1.807, 2.05) is 6.07 Å². The van der Waals surface area contributed by atoms with Gasteiger partial charge in [0.2, 0.25) is 0 Å². The number of thiophene rings is 2. The van der Waals surface area contributed by atoms with Gasteiger partial charge < -0.3 is 24.4 Å². The zero-order chi connectivity index (χ0) is 43.0. The SMILES string of the molecule is OB(O)c1ccc(-c2ccc(-n3c4ccc(-c5ccc(N(c6ccccc6)c6ccccc6)cc5)cc4c4cc(-c5ccc(N(c6ccccc6)c6ccccc6)cc5)ccc43)s2)s1. The van der Waals surface area contributed by atoms with E-state index in [0.29, 0.717) is 4.78 Å². The second-order valence-electron chi connectivity index (χ2n) is 15.6. The molecule has 0 saturated carbocycles. The Morgan fingerprint density at radius 2 is 0.703 bits per heavy atom. The number of hydrogen-bond acceptors (Lipinski definition) is 6. The third-order valence-electron chi connectivity index (χ3n) is 11.7.